The molecule has 2 heterocycles. The molecule has 3 rings (SSSR count). The molecule has 2 N–H and O–H groups in total. The Labute approximate surface area is 118 Å². The molecule has 7 heteroatoms. The fourth-order valence-electron chi connectivity index (χ4n) is 2.56. The van der Waals surface area contributed by atoms with E-state index in [0.717, 1.165) is 11.3 Å². The Kier molecular flexibility index (Phi) is 3.68. The number of sulfonamides is 1. The summed E-state index contributed by atoms with van der Waals surface area (Å²) in [6.45, 7) is 2.15. The minimum Gasteiger partial charge on any atom is -0.391 e. The lowest BCUT2D eigenvalue weighted by molar-refractivity contribution is 0.0730. The number of aliphatic hydroxyl groups is 1. The van der Waals surface area contributed by atoms with Crippen LogP contribution >= 0.6 is 0 Å². The highest BCUT2D eigenvalue weighted by atomic mass is 32.2. The van der Waals surface area contributed by atoms with Crippen molar-refractivity contribution in [2.24, 2.45) is 0 Å². The van der Waals surface area contributed by atoms with Crippen LogP contribution in [-0.4, -0.2) is 56.8 Å². The second-order valence-electron chi connectivity index (χ2n) is 5.07. The summed E-state index contributed by atoms with van der Waals surface area (Å²) in [4.78, 5) is 0.286. The van der Waals surface area contributed by atoms with Gasteiger partial charge in [0.25, 0.3) is 0 Å². The Morgan fingerprint density at radius 2 is 2.05 bits per heavy atom. The molecule has 0 radical (unpaired) electrons. The van der Waals surface area contributed by atoms with Gasteiger partial charge in [-0.3, -0.25) is 0 Å². The van der Waals surface area contributed by atoms with Gasteiger partial charge in [-0.2, -0.15) is 4.31 Å². The molecule has 1 saturated heterocycles. The van der Waals surface area contributed by atoms with Crippen LogP contribution < -0.4 is 5.32 Å². The molecule has 2 aliphatic rings. The van der Waals surface area contributed by atoms with Gasteiger partial charge in [0.1, 0.15) is 0 Å². The van der Waals surface area contributed by atoms with E-state index in [0.29, 0.717) is 39.3 Å². The molecule has 6 nitrogen and oxygen atoms in total. The monoisotopic (exact) mass is 298 g/mol. The van der Waals surface area contributed by atoms with E-state index < -0.39 is 16.1 Å². The molecular weight excluding hydrogens is 280 g/mol. The van der Waals surface area contributed by atoms with Crippen molar-refractivity contribution >= 4 is 15.7 Å². The molecule has 0 amide bonds. The van der Waals surface area contributed by atoms with Gasteiger partial charge in [-0.05, 0) is 23.8 Å². The van der Waals surface area contributed by atoms with Crippen molar-refractivity contribution in [3.63, 3.8) is 0 Å². The number of β-amino-alcohol motifs (C(OH)–C–C–N with tert-alkyl or cyclic N) is 1. The Morgan fingerprint density at radius 1 is 1.30 bits per heavy atom. The first-order valence-corrected chi connectivity index (χ1v) is 8.14. The normalized spacial score (nSPS) is 23.9. The summed E-state index contributed by atoms with van der Waals surface area (Å²) >= 11 is 0. The summed E-state index contributed by atoms with van der Waals surface area (Å²) in [5, 5.41) is 12.8. The zero-order valence-corrected chi connectivity index (χ0v) is 11.9. The van der Waals surface area contributed by atoms with Gasteiger partial charge in [-0.25, -0.2) is 8.42 Å². The van der Waals surface area contributed by atoms with Crippen LogP contribution in [0.15, 0.2) is 23.1 Å². The second-order valence-corrected chi connectivity index (χ2v) is 7.01. The third-order valence-electron chi connectivity index (χ3n) is 3.67. The van der Waals surface area contributed by atoms with Crippen molar-refractivity contribution < 1.29 is 18.3 Å². The highest BCUT2D eigenvalue weighted by Gasteiger charge is 2.27. The number of ether oxygens (including phenoxy) is 1. The van der Waals surface area contributed by atoms with E-state index >= 15 is 0 Å². The summed E-state index contributed by atoms with van der Waals surface area (Å²) in [6, 6.07) is 5.05. The number of fused-ring (bicyclic) bond motifs is 1. The minimum absolute atomic E-state index is 0.286. The molecule has 0 saturated carbocycles. The maximum absolute atomic E-state index is 12.5. The fraction of sp³-hybridized carbons (Fsp3) is 0.538. The number of aliphatic hydroxyl groups excluding tert-OH is 1. The van der Waals surface area contributed by atoms with Crippen molar-refractivity contribution in [3.8, 4) is 0 Å². The van der Waals surface area contributed by atoms with Crippen LogP contribution in [0.25, 0.3) is 0 Å². The quantitative estimate of drug-likeness (QED) is 0.806. The maximum Gasteiger partial charge on any atom is 0.243 e. The van der Waals surface area contributed by atoms with Gasteiger partial charge < -0.3 is 15.2 Å². The number of hydrogen-bond donors (Lipinski definition) is 2. The van der Waals surface area contributed by atoms with Crippen LogP contribution in [0.4, 0.5) is 5.69 Å². The number of nitrogens with zero attached hydrogens (tertiary/aromatic N) is 1. The lowest BCUT2D eigenvalue weighted by atomic mass is 10.0. The average Bonchev–Trinajstić information content (AvgIpc) is 2.47. The van der Waals surface area contributed by atoms with E-state index in [9.17, 15) is 13.5 Å². The van der Waals surface area contributed by atoms with Gasteiger partial charge in [-0.1, -0.05) is 0 Å². The van der Waals surface area contributed by atoms with Crippen molar-refractivity contribution in [2.75, 3.05) is 38.2 Å². The van der Waals surface area contributed by atoms with Gasteiger partial charge in [0, 0.05) is 31.7 Å². The summed E-state index contributed by atoms with van der Waals surface area (Å²) in [5.74, 6) is 0. The first-order chi connectivity index (χ1) is 9.57. The van der Waals surface area contributed by atoms with E-state index in [4.69, 9.17) is 4.74 Å². The van der Waals surface area contributed by atoms with E-state index in [-0.39, 0.29) is 4.90 Å². The predicted octanol–water partition coefficient (Wildman–Crippen LogP) is 0.0364. The lowest BCUT2D eigenvalue weighted by Gasteiger charge is -2.27. The Morgan fingerprint density at radius 3 is 2.80 bits per heavy atom. The number of morpholine rings is 1. The van der Waals surface area contributed by atoms with E-state index in [1.807, 2.05) is 0 Å². The van der Waals surface area contributed by atoms with Gasteiger partial charge in [0.15, 0.2) is 0 Å². The third kappa shape index (κ3) is 2.54. The molecule has 110 valence electrons. The van der Waals surface area contributed by atoms with Crippen LogP contribution in [0.2, 0.25) is 0 Å². The first-order valence-electron chi connectivity index (χ1n) is 6.70. The molecule has 1 aromatic carbocycles. The Balaban J connectivity index is 1.91. The topological polar surface area (TPSA) is 78.9 Å². The molecule has 0 aromatic heterocycles. The molecular formula is C13H18N2O4S. The smallest absolute Gasteiger partial charge is 0.243 e. The van der Waals surface area contributed by atoms with Gasteiger partial charge in [-0.15, -0.1) is 0 Å². The molecule has 0 bridgehead atoms. The van der Waals surface area contributed by atoms with Gasteiger partial charge in [0.2, 0.25) is 10.0 Å². The predicted molar refractivity (Wildman–Crippen MR) is 74.2 cm³/mol. The summed E-state index contributed by atoms with van der Waals surface area (Å²) in [7, 11) is -3.47. The fourth-order valence-corrected chi connectivity index (χ4v) is 4.02. The van der Waals surface area contributed by atoms with E-state index in [1.54, 1.807) is 18.2 Å². The average molecular weight is 298 g/mol. The van der Waals surface area contributed by atoms with Crippen LogP contribution in [0.5, 0.6) is 0 Å². The molecule has 2 aliphatic heterocycles. The standard InChI is InChI=1S/C13H18N2O4S/c16-11-7-10-8-12(1-2-13(10)14-9-11)20(17,18)15-3-5-19-6-4-15/h1-2,8,11,14,16H,3-7,9H2. The Bertz CT molecular complexity index is 596. The molecule has 20 heavy (non-hydrogen) atoms. The van der Waals surface area contributed by atoms with Crippen LogP contribution in [-0.2, 0) is 21.2 Å². The van der Waals surface area contributed by atoms with Gasteiger partial charge >= 0.3 is 0 Å². The summed E-state index contributed by atoms with van der Waals surface area (Å²) < 4.78 is 31.7. The van der Waals surface area contributed by atoms with Crippen LogP contribution in [0.1, 0.15) is 5.56 Å². The zero-order chi connectivity index (χ0) is 14.2. The molecule has 0 aliphatic carbocycles. The van der Waals surface area contributed by atoms with Crippen LogP contribution in [0, 0.1) is 0 Å². The SMILES string of the molecule is O=S(=O)(c1ccc2c(c1)CC(O)CN2)N1CCOCC1. The largest absolute Gasteiger partial charge is 0.391 e. The minimum atomic E-state index is -3.47. The maximum atomic E-state index is 12.5. The van der Waals surface area contributed by atoms with Gasteiger partial charge in [0.05, 0.1) is 24.2 Å². The van der Waals surface area contributed by atoms with Crippen molar-refractivity contribution in [3.05, 3.63) is 23.8 Å². The number of hydrogen-bond acceptors (Lipinski definition) is 5. The molecule has 1 atom stereocenters. The highest BCUT2D eigenvalue weighted by Crippen LogP contribution is 2.27. The second kappa shape index (κ2) is 5.33. The number of nitrogens with one attached hydrogen (secondary N) is 1. The zero-order valence-electron chi connectivity index (χ0n) is 11.1. The molecule has 1 aromatic rings. The number of benzene rings is 1. The van der Waals surface area contributed by atoms with E-state index in [1.165, 1.54) is 4.31 Å². The molecule has 1 unspecified atom stereocenters. The molecule has 1 fully saturated rings. The summed E-state index contributed by atoms with van der Waals surface area (Å²) in [6.07, 6.45) is 0.0123. The number of rotatable bonds is 2. The number of anilines is 1. The van der Waals surface area contributed by atoms with Crippen molar-refractivity contribution in [2.45, 2.75) is 17.4 Å². The lowest BCUT2D eigenvalue weighted by Crippen LogP contribution is -2.40. The summed E-state index contributed by atoms with van der Waals surface area (Å²) in [5.41, 5.74) is 1.74. The third-order valence-corrected chi connectivity index (χ3v) is 5.56. The van der Waals surface area contributed by atoms with Crippen molar-refractivity contribution in [1.82, 2.24) is 4.31 Å². The van der Waals surface area contributed by atoms with Crippen molar-refractivity contribution in [1.29, 1.82) is 0 Å². The molecule has 0 spiro atoms. The Hall–Kier alpha value is -1.15. The highest BCUT2D eigenvalue weighted by molar-refractivity contribution is 7.89. The van der Waals surface area contributed by atoms with Crippen LogP contribution in [0.3, 0.4) is 0 Å². The first kappa shape index (κ1) is 13.8. The van der Waals surface area contributed by atoms with E-state index in [2.05, 4.69) is 5.32 Å².